The fourth-order valence-corrected chi connectivity index (χ4v) is 4.75. The molecule has 36 heavy (non-hydrogen) atoms. The van der Waals surface area contributed by atoms with E-state index in [1.165, 1.54) is 19.3 Å². The van der Waals surface area contributed by atoms with Gasteiger partial charge in [0.05, 0.1) is 17.7 Å². The first-order valence-electron chi connectivity index (χ1n) is 11.8. The summed E-state index contributed by atoms with van der Waals surface area (Å²) in [6.45, 7) is 3.27. The van der Waals surface area contributed by atoms with Gasteiger partial charge >= 0.3 is 11.9 Å². The molecule has 0 bridgehead atoms. The highest BCUT2D eigenvalue weighted by Gasteiger charge is 2.28. The molecule has 1 amide bonds. The molecule has 0 atom stereocenters. The van der Waals surface area contributed by atoms with Gasteiger partial charge in [-0.2, -0.15) is 0 Å². The van der Waals surface area contributed by atoms with Crippen LogP contribution in [0.2, 0.25) is 5.02 Å². The van der Waals surface area contributed by atoms with Crippen LogP contribution in [0.1, 0.15) is 24.8 Å². The van der Waals surface area contributed by atoms with Gasteiger partial charge in [-0.05, 0) is 56.6 Å². The van der Waals surface area contributed by atoms with Crippen molar-refractivity contribution in [3.63, 3.8) is 0 Å². The van der Waals surface area contributed by atoms with Crippen LogP contribution in [0.3, 0.4) is 0 Å². The number of pyridine rings is 1. The molecule has 0 spiro atoms. The zero-order valence-corrected chi connectivity index (χ0v) is 20.4. The van der Waals surface area contributed by atoms with E-state index in [-0.39, 0.29) is 5.91 Å². The first-order chi connectivity index (χ1) is 17.3. The predicted octanol–water partition coefficient (Wildman–Crippen LogP) is 4.16. The summed E-state index contributed by atoms with van der Waals surface area (Å²) in [6, 6.07) is 15.9. The molecule has 2 aliphatic heterocycles. The van der Waals surface area contributed by atoms with Gasteiger partial charge in [0, 0.05) is 28.2 Å². The number of aliphatic carboxylic acids is 2. The second-order valence-electron chi connectivity index (χ2n) is 8.68. The van der Waals surface area contributed by atoms with E-state index in [0.29, 0.717) is 11.6 Å². The second kappa shape index (κ2) is 11.4. The number of nitrogens with zero attached hydrogens (tertiary/aromatic N) is 3. The number of hydrogen-bond acceptors (Lipinski definition) is 6. The largest absolute Gasteiger partial charge is 0.473 e. The van der Waals surface area contributed by atoms with E-state index in [2.05, 4.69) is 15.1 Å². The molecule has 2 aromatic carbocycles. The van der Waals surface area contributed by atoms with Crippen molar-refractivity contribution in [2.24, 2.45) is 0 Å². The first-order valence-corrected chi connectivity index (χ1v) is 12.1. The molecule has 5 rings (SSSR count). The Labute approximate surface area is 213 Å². The van der Waals surface area contributed by atoms with Gasteiger partial charge in [-0.25, -0.2) is 14.6 Å². The van der Waals surface area contributed by atoms with Crippen LogP contribution in [-0.4, -0.2) is 64.1 Å². The van der Waals surface area contributed by atoms with Gasteiger partial charge in [0.2, 0.25) is 5.91 Å². The zero-order chi connectivity index (χ0) is 25.7. The van der Waals surface area contributed by atoms with Crippen molar-refractivity contribution in [2.45, 2.75) is 25.7 Å². The van der Waals surface area contributed by atoms with Crippen molar-refractivity contribution in [1.29, 1.82) is 0 Å². The minimum atomic E-state index is -1.82. The quantitative estimate of drug-likeness (QED) is 0.447. The van der Waals surface area contributed by atoms with E-state index in [1.807, 2.05) is 48.5 Å². The number of carbonyl (C=O) groups is 3. The summed E-state index contributed by atoms with van der Waals surface area (Å²) in [5, 5.41) is 19.7. The van der Waals surface area contributed by atoms with Gasteiger partial charge in [0.1, 0.15) is 5.82 Å². The van der Waals surface area contributed by atoms with E-state index in [4.69, 9.17) is 36.4 Å². The molecule has 0 unspecified atom stereocenters. The fraction of sp³-hybridized carbons (Fsp3) is 0.308. The number of amides is 1. The Morgan fingerprint density at radius 3 is 2.36 bits per heavy atom. The summed E-state index contributed by atoms with van der Waals surface area (Å²) < 4.78 is 0. The minimum absolute atomic E-state index is 0.0525. The molecular weight excluding hydrogens is 484 g/mol. The van der Waals surface area contributed by atoms with Gasteiger partial charge in [-0.1, -0.05) is 42.3 Å². The molecule has 3 aromatic rings. The summed E-state index contributed by atoms with van der Waals surface area (Å²) >= 11 is 6.23. The number of para-hydroxylation sites is 1. The minimum Gasteiger partial charge on any atom is -0.473 e. The molecule has 188 valence electrons. The van der Waals surface area contributed by atoms with Gasteiger partial charge < -0.3 is 20.4 Å². The molecule has 3 N–H and O–H groups in total. The number of carboxylic acid groups (broad SMARTS) is 2. The van der Waals surface area contributed by atoms with E-state index in [9.17, 15) is 4.79 Å². The maximum atomic E-state index is 12.9. The Morgan fingerprint density at radius 1 is 0.944 bits per heavy atom. The van der Waals surface area contributed by atoms with Crippen LogP contribution in [0.4, 0.5) is 17.2 Å². The number of likely N-dealkylation sites (tertiary alicyclic amines) is 1. The van der Waals surface area contributed by atoms with Crippen LogP contribution < -0.4 is 10.2 Å². The highest BCUT2D eigenvalue weighted by molar-refractivity contribution is 6.30. The smallest absolute Gasteiger partial charge is 0.414 e. The highest BCUT2D eigenvalue weighted by atomic mass is 35.5. The number of piperidine rings is 1. The van der Waals surface area contributed by atoms with Crippen molar-refractivity contribution < 1.29 is 24.6 Å². The molecule has 2 aliphatic rings. The van der Waals surface area contributed by atoms with Crippen molar-refractivity contribution in [1.82, 2.24) is 9.88 Å². The molecule has 1 fully saturated rings. The number of anilines is 3. The van der Waals surface area contributed by atoms with E-state index >= 15 is 0 Å². The lowest BCUT2D eigenvalue weighted by atomic mass is 10.1. The Hall–Kier alpha value is -3.69. The van der Waals surface area contributed by atoms with E-state index in [0.717, 1.165) is 59.7 Å². The summed E-state index contributed by atoms with van der Waals surface area (Å²) in [7, 11) is 0. The lowest BCUT2D eigenvalue weighted by molar-refractivity contribution is -0.159. The van der Waals surface area contributed by atoms with Crippen LogP contribution in [0.25, 0.3) is 10.9 Å². The third-order valence-corrected chi connectivity index (χ3v) is 6.43. The topological polar surface area (TPSA) is 123 Å². The van der Waals surface area contributed by atoms with Crippen molar-refractivity contribution in [3.8, 4) is 0 Å². The first kappa shape index (κ1) is 25.4. The molecule has 3 heterocycles. The van der Waals surface area contributed by atoms with Crippen molar-refractivity contribution in [2.75, 3.05) is 36.4 Å². The molecule has 0 saturated carbocycles. The number of fused-ring (bicyclic) bond motifs is 2. The number of rotatable bonds is 4. The summed E-state index contributed by atoms with van der Waals surface area (Å²) in [5.41, 5.74) is 3.91. The van der Waals surface area contributed by atoms with E-state index in [1.54, 1.807) is 0 Å². The average Bonchev–Trinajstić information content (AvgIpc) is 3.28. The maximum absolute atomic E-state index is 12.9. The van der Waals surface area contributed by atoms with Crippen molar-refractivity contribution >= 4 is 57.5 Å². The monoisotopic (exact) mass is 510 g/mol. The van der Waals surface area contributed by atoms with Crippen molar-refractivity contribution in [3.05, 3.63) is 59.1 Å². The SMILES string of the molecule is O=C(CN1CCCCC1)Nc1c2c(nc3ccccc13)N(c1cccc(Cl)c1)CC2.O=C(O)C(=O)O. The number of nitrogens with one attached hydrogen (secondary N) is 1. The molecule has 10 heteroatoms. The predicted molar refractivity (Wildman–Crippen MR) is 138 cm³/mol. The lowest BCUT2D eigenvalue weighted by Crippen LogP contribution is -2.37. The third kappa shape index (κ3) is 5.92. The lowest BCUT2D eigenvalue weighted by Gasteiger charge is -2.26. The highest BCUT2D eigenvalue weighted by Crippen LogP contribution is 2.41. The molecule has 9 nitrogen and oxygen atoms in total. The van der Waals surface area contributed by atoms with Crippen LogP contribution in [0, 0.1) is 0 Å². The number of benzene rings is 2. The van der Waals surface area contributed by atoms with Gasteiger partial charge in [-0.3, -0.25) is 9.69 Å². The van der Waals surface area contributed by atoms with Crippen LogP contribution in [0.15, 0.2) is 48.5 Å². The molecule has 1 aromatic heterocycles. The van der Waals surface area contributed by atoms with Crippen LogP contribution in [0.5, 0.6) is 0 Å². The summed E-state index contributed by atoms with van der Waals surface area (Å²) in [6.07, 6.45) is 4.45. The summed E-state index contributed by atoms with van der Waals surface area (Å²) in [5.74, 6) is -2.69. The molecule has 1 saturated heterocycles. The Balaban J connectivity index is 0.000000455. The third-order valence-electron chi connectivity index (χ3n) is 6.20. The number of aromatic nitrogens is 1. The maximum Gasteiger partial charge on any atom is 0.414 e. The van der Waals surface area contributed by atoms with Crippen LogP contribution >= 0.6 is 11.6 Å². The zero-order valence-electron chi connectivity index (χ0n) is 19.6. The standard InChI is InChI=1S/C24H25ClN4O.C2H2O4/c25-17-7-6-8-18(15-17)29-14-11-20-23(19-9-2-3-10-21(19)26-24(20)29)27-22(30)16-28-12-4-1-5-13-28;3-1(4)2(5)6/h2-3,6-10,15H,1,4-5,11-14,16H2,(H,26,27,30);(H,3,4)(H,5,6). The molecule has 0 radical (unpaired) electrons. The fourth-order valence-electron chi connectivity index (χ4n) is 4.57. The second-order valence-corrected chi connectivity index (χ2v) is 9.12. The molecule has 0 aliphatic carbocycles. The van der Waals surface area contributed by atoms with Gasteiger partial charge in [0.25, 0.3) is 0 Å². The Bertz CT molecular complexity index is 1280. The molecular formula is C26H27ClN4O5. The number of halogens is 1. The average molecular weight is 511 g/mol. The normalized spacial score (nSPS) is 15.1. The van der Waals surface area contributed by atoms with Crippen LogP contribution in [-0.2, 0) is 20.8 Å². The Kier molecular flexibility index (Phi) is 8.02. The van der Waals surface area contributed by atoms with E-state index < -0.39 is 11.9 Å². The summed E-state index contributed by atoms with van der Waals surface area (Å²) in [4.78, 5) is 40.5. The van der Waals surface area contributed by atoms with Gasteiger partial charge in [0.15, 0.2) is 0 Å². The number of hydrogen-bond donors (Lipinski definition) is 3. The number of carboxylic acids is 2. The Morgan fingerprint density at radius 2 is 1.67 bits per heavy atom. The number of carbonyl (C=O) groups excluding carboxylic acids is 1. The van der Waals surface area contributed by atoms with Gasteiger partial charge in [-0.15, -0.1) is 0 Å².